The van der Waals surface area contributed by atoms with Crippen molar-refractivity contribution in [2.45, 2.75) is 25.8 Å². The summed E-state index contributed by atoms with van der Waals surface area (Å²) in [5.74, 6) is 1.24. The highest BCUT2D eigenvalue weighted by atomic mass is 16.4. The molecular formula is C11H16N2O2. The van der Waals surface area contributed by atoms with Gasteiger partial charge in [-0.25, -0.2) is 0 Å². The van der Waals surface area contributed by atoms with Crippen molar-refractivity contribution in [3.8, 4) is 0 Å². The Morgan fingerprint density at radius 3 is 3.00 bits per heavy atom. The van der Waals surface area contributed by atoms with Gasteiger partial charge in [0.2, 0.25) is 0 Å². The maximum atomic E-state index is 11.9. The van der Waals surface area contributed by atoms with Gasteiger partial charge in [0, 0.05) is 25.6 Å². The number of nitrogens with two attached hydrogens (primary N) is 1. The van der Waals surface area contributed by atoms with Crippen molar-refractivity contribution in [1.82, 2.24) is 4.90 Å². The first-order chi connectivity index (χ1) is 7.20. The molecule has 0 saturated carbocycles. The molecule has 1 unspecified atom stereocenters. The molecule has 1 atom stereocenters. The number of likely N-dealkylation sites (tertiary alicyclic amines) is 1. The second-order valence-electron chi connectivity index (χ2n) is 3.92. The van der Waals surface area contributed by atoms with Gasteiger partial charge in [-0.1, -0.05) is 6.92 Å². The summed E-state index contributed by atoms with van der Waals surface area (Å²) in [6.45, 7) is 3.38. The zero-order valence-electron chi connectivity index (χ0n) is 8.90. The third kappa shape index (κ3) is 2.04. The molecule has 0 radical (unpaired) electrons. The highest BCUT2D eigenvalue weighted by Gasteiger charge is 2.26. The molecule has 2 N–H and O–H groups in total. The summed E-state index contributed by atoms with van der Waals surface area (Å²) < 4.78 is 5.41. The minimum atomic E-state index is -0.0392. The molecule has 0 aromatic carbocycles. The van der Waals surface area contributed by atoms with E-state index in [0.29, 0.717) is 12.3 Å². The molecule has 1 saturated heterocycles. The molecule has 2 rings (SSSR count). The standard InChI is InChI=1S/C11H16N2O2/c1-2-9-3-4-10(15-9)11(14)13-6-5-8(12)7-13/h3-4,8H,2,5-7,12H2,1H3. The molecule has 4 heteroatoms. The summed E-state index contributed by atoms with van der Waals surface area (Å²) in [5.41, 5.74) is 5.75. The minimum Gasteiger partial charge on any atom is -0.456 e. The van der Waals surface area contributed by atoms with Crippen molar-refractivity contribution in [2.24, 2.45) is 5.73 Å². The highest BCUT2D eigenvalue weighted by molar-refractivity contribution is 5.91. The van der Waals surface area contributed by atoms with E-state index in [4.69, 9.17) is 10.2 Å². The number of hydrogen-bond acceptors (Lipinski definition) is 3. The Morgan fingerprint density at radius 2 is 2.47 bits per heavy atom. The maximum absolute atomic E-state index is 11.9. The van der Waals surface area contributed by atoms with Crippen LogP contribution in [0.5, 0.6) is 0 Å². The quantitative estimate of drug-likeness (QED) is 0.789. The Bertz CT molecular complexity index is 359. The molecule has 2 heterocycles. The van der Waals surface area contributed by atoms with E-state index in [1.165, 1.54) is 0 Å². The van der Waals surface area contributed by atoms with Crippen LogP contribution in [0.2, 0.25) is 0 Å². The number of aryl methyl sites for hydroxylation is 1. The summed E-state index contributed by atoms with van der Waals surface area (Å²) >= 11 is 0. The third-order valence-electron chi connectivity index (χ3n) is 2.73. The summed E-state index contributed by atoms with van der Waals surface area (Å²) in [7, 11) is 0. The van der Waals surface area contributed by atoms with Gasteiger partial charge in [0.15, 0.2) is 5.76 Å². The minimum absolute atomic E-state index is 0.0392. The van der Waals surface area contributed by atoms with Crippen LogP contribution >= 0.6 is 0 Å². The van der Waals surface area contributed by atoms with E-state index in [0.717, 1.165) is 25.1 Å². The van der Waals surface area contributed by atoms with Gasteiger partial charge in [-0.2, -0.15) is 0 Å². The van der Waals surface area contributed by atoms with Gasteiger partial charge >= 0.3 is 0 Å². The summed E-state index contributed by atoms with van der Waals surface area (Å²) in [6.07, 6.45) is 1.69. The lowest BCUT2D eigenvalue weighted by molar-refractivity contribution is 0.0757. The Labute approximate surface area is 89.0 Å². The first-order valence-electron chi connectivity index (χ1n) is 5.34. The van der Waals surface area contributed by atoms with Crippen LogP contribution in [0.15, 0.2) is 16.5 Å². The molecule has 15 heavy (non-hydrogen) atoms. The van der Waals surface area contributed by atoms with Crippen LogP contribution in [0.3, 0.4) is 0 Å². The molecule has 82 valence electrons. The van der Waals surface area contributed by atoms with Gasteiger partial charge in [0.25, 0.3) is 5.91 Å². The van der Waals surface area contributed by atoms with Crippen molar-refractivity contribution >= 4 is 5.91 Å². The van der Waals surface area contributed by atoms with Crippen molar-refractivity contribution in [1.29, 1.82) is 0 Å². The van der Waals surface area contributed by atoms with E-state index in [2.05, 4.69) is 0 Å². The van der Waals surface area contributed by atoms with Gasteiger partial charge in [-0.3, -0.25) is 4.79 Å². The van der Waals surface area contributed by atoms with Crippen LogP contribution in [0.25, 0.3) is 0 Å². The lowest BCUT2D eigenvalue weighted by atomic mass is 10.3. The summed E-state index contributed by atoms with van der Waals surface area (Å²) in [6, 6.07) is 3.71. The lowest BCUT2D eigenvalue weighted by Crippen LogP contribution is -2.31. The third-order valence-corrected chi connectivity index (χ3v) is 2.73. The Kier molecular flexibility index (Phi) is 2.77. The Morgan fingerprint density at radius 1 is 1.67 bits per heavy atom. The maximum Gasteiger partial charge on any atom is 0.289 e. The number of rotatable bonds is 2. The van der Waals surface area contributed by atoms with Crippen molar-refractivity contribution in [3.05, 3.63) is 23.7 Å². The van der Waals surface area contributed by atoms with Crippen LogP contribution in [0.1, 0.15) is 29.7 Å². The summed E-state index contributed by atoms with van der Waals surface area (Å²) in [5, 5.41) is 0. The number of furan rings is 1. The Hall–Kier alpha value is -1.29. The van der Waals surface area contributed by atoms with E-state index in [-0.39, 0.29) is 11.9 Å². The van der Waals surface area contributed by atoms with Crippen LogP contribution in [0, 0.1) is 0 Å². The second-order valence-corrected chi connectivity index (χ2v) is 3.92. The van der Waals surface area contributed by atoms with Crippen LogP contribution in [-0.2, 0) is 6.42 Å². The molecule has 1 aliphatic rings. The van der Waals surface area contributed by atoms with E-state index in [9.17, 15) is 4.79 Å². The van der Waals surface area contributed by atoms with Gasteiger partial charge in [-0.15, -0.1) is 0 Å². The topological polar surface area (TPSA) is 59.5 Å². The first-order valence-corrected chi connectivity index (χ1v) is 5.34. The van der Waals surface area contributed by atoms with Gasteiger partial charge < -0.3 is 15.1 Å². The van der Waals surface area contributed by atoms with E-state index < -0.39 is 0 Å². The number of carbonyl (C=O) groups excluding carboxylic acids is 1. The smallest absolute Gasteiger partial charge is 0.289 e. The van der Waals surface area contributed by atoms with Crippen LogP contribution < -0.4 is 5.73 Å². The second kappa shape index (κ2) is 4.06. The number of nitrogens with zero attached hydrogens (tertiary/aromatic N) is 1. The van der Waals surface area contributed by atoms with Crippen molar-refractivity contribution < 1.29 is 9.21 Å². The van der Waals surface area contributed by atoms with Crippen molar-refractivity contribution in [2.75, 3.05) is 13.1 Å². The van der Waals surface area contributed by atoms with E-state index in [1.807, 2.05) is 13.0 Å². The zero-order chi connectivity index (χ0) is 10.8. The van der Waals surface area contributed by atoms with Crippen LogP contribution in [-0.4, -0.2) is 29.9 Å². The van der Waals surface area contributed by atoms with Gasteiger partial charge in [0.1, 0.15) is 5.76 Å². The molecule has 4 nitrogen and oxygen atoms in total. The Balaban J connectivity index is 2.07. The lowest BCUT2D eigenvalue weighted by Gasteiger charge is -2.13. The fourth-order valence-electron chi connectivity index (χ4n) is 1.81. The highest BCUT2D eigenvalue weighted by Crippen LogP contribution is 2.15. The number of carbonyl (C=O) groups is 1. The average Bonchev–Trinajstić information content (AvgIpc) is 2.84. The first kappa shape index (κ1) is 10.2. The molecular weight excluding hydrogens is 192 g/mol. The monoisotopic (exact) mass is 208 g/mol. The van der Waals surface area contributed by atoms with Crippen molar-refractivity contribution in [3.63, 3.8) is 0 Å². The van der Waals surface area contributed by atoms with Gasteiger partial charge in [-0.05, 0) is 18.6 Å². The molecule has 1 fully saturated rings. The number of amides is 1. The largest absolute Gasteiger partial charge is 0.456 e. The summed E-state index contributed by atoms with van der Waals surface area (Å²) in [4.78, 5) is 13.7. The molecule has 0 bridgehead atoms. The number of hydrogen-bond donors (Lipinski definition) is 1. The fraction of sp³-hybridized carbons (Fsp3) is 0.545. The predicted octanol–water partition coefficient (Wildman–Crippen LogP) is 1.02. The average molecular weight is 208 g/mol. The molecule has 1 amide bonds. The van der Waals surface area contributed by atoms with E-state index in [1.54, 1.807) is 11.0 Å². The fourth-order valence-corrected chi connectivity index (χ4v) is 1.81. The molecule has 1 aliphatic heterocycles. The normalized spacial score (nSPS) is 20.9. The molecule has 1 aromatic rings. The van der Waals surface area contributed by atoms with Crippen LogP contribution in [0.4, 0.5) is 0 Å². The predicted molar refractivity (Wildman–Crippen MR) is 56.6 cm³/mol. The SMILES string of the molecule is CCc1ccc(C(=O)N2CCC(N)C2)o1. The van der Waals surface area contributed by atoms with E-state index >= 15 is 0 Å². The molecule has 1 aromatic heterocycles. The van der Waals surface area contributed by atoms with Gasteiger partial charge in [0.05, 0.1) is 0 Å². The zero-order valence-corrected chi connectivity index (χ0v) is 8.90. The molecule has 0 aliphatic carbocycles. The molecule has 0 spiro atoms.